The summed E-state index contributed by atoms with van der Waals surface area (Å²) in [5.41, 5.74) is 5.60. The van der Waals surface area contributed by atoms with Gasteiger partial charge in [0, 0.05) is 12.5 Å². The molecule has 1 unspecified atom stereocenters. The van der Waals surface area contributed by atoms with Gasteiger partial charge < -0.3 is 16.2 Å². The number of hydrogen-bond donors (Lipinski definition) is 3. The Morgan fingerprint density at radius 1 is 1.40 bits per heavy atom. The van der Waals surface area contributed by atoms with Crippen LogP contribution in [0.5, 0.6) is 0 Å². The van der Waals surface area contributed by atoms with Gasteiger partial charge >= 0.3 is 5.97 Å². The number of carboxylic acid groups (broad SMARTS) is 1. The summed E-state index contributed by atoms with van der Waals surface area (Å²) < 4.78 is 0. The van der Waals surface area contributed by atoms with Crippen LogP contribution in [0.4, 0.5) is 0 Å². The van der Waals surface area contributed by atoms with Gasteiger partial charge in [-0.2, -0.15) is 0 Å². The van der Waals surface area contributed by atoms with E-state index in [0.29, 0.717) is 12.8 Å². The van der Waals surface area contributed by atoms with Crippen molar-refractivity contribution in [3.8, 4) is 0 Å². The van der Waals surface area contributed by atoms with Crippen LogP contribution < -0.4 is 11.1 Å². The maximum atomic E-state index is 11.4. The van der Waals surface area contributed by atoms with Crippen LogP contribution in [0.3, 0.4) is 0 Å². The van der Waals surface area contributed by atoms with Crippen LogP contribution in [0.1, 0.15) is 39.5 Å². The predicted molar refractivity (Wildman–Crippen MR) is 57.4 cm³/mol. The highest BCUT2D eigenvalue weighted by Crippen LogP contribution is 1.99. The Labute approximate surface area is 90.0 Å². The number of carbonyl (C=O) groups is 2. The third-order valence-electron chi connectivity index (χ3n) is 2.12. The van der Waals surface area contributed by atoms with Gasteiger partial charge in [0.1, 0.15) is 0 Å². The average Bonchev–Trinajstić information content (AvgIpc) is 2.15. The van der Waals surface area contributed by atoms with E-state index in [0.717, 1.165) is 6.42 Å². The topological polar surface area (TPSA) is 92.4 Å². The summed E-state index contributed by atoms with van der Waals surface area (Å²) in [6, 6.07) is -0.626. The molecule has 0 radical (unpaired) electrons. The molecule has 5 nitrogen and oxygen atoms in total. The van der Waals surface area contributed by atoms with Gasteiger partial charge in [0.2, 0.25) is 5.91 Å². The Morgan fingerprint density at radius 3 is 2.47 bits per heavy atom. The maximum absolute atomic E-state index is 11.4. The van der Waals surface area contributed by atoms with E-state index in [9.17, 15) is 9.59 Å². The molecule has 0 fully saturated rings. The first-order valence-corrected chi connectivity index (χ1v) is 5.25. The van der Waals surface area contributed by atoms with Crippen molar-refractivity contribution in [1.29, 1.82) is 0 Å². The molecule has 0 aromatic carbocycles. The fourth-order valence-corrected chi connectivity index (χ4v) is 1.20. The largest absolute Gasteiger partial charge is 0.481 e. The van der Waals surface area contributed by atoms with Gasteiger partial charge in [0.15, 0.2) is 0 Å². The normalized spacial score (nSPS) is 14.3. The molecule has 0 saturated carbocycles. The highest BCUT2D eigenvalue weighted by molar-refractivity contribution is 5.81. The number of amides is 1. The summed E-state index contributed by atoms with van der Waals surface area (Å²) in [6.07, 6.45) is 2.00. The quantitative estimate of drug-likeness (QED) is 0.577. The smallest absolute Gasteiger partial charge is 0.303 e. The lowest BCUT2D eigenvalue weighted by molar-refractivity contribution is -0.137. The molecule has 0 aromatic rings. The minimum Gasteiger partial charge on any atom is -0.481 e. The first-order valence-electron chi connectivity index (χ1n) is 5.25. The van der Waals surface area contributed by atoms with Crippen LogP contribution in [-0.2, 0) is 9.59 Å². The summed E-state index contributed by atoms with van der Waals surface area (Å²) >= 11 is 0. The zero-order chi connectivity index (χ0) is 11.8. The number of aliphatic carboxylic acids is 1. The van der Waals surface area contributed by atoms with Gasteiger partial charge in [0.25, 0.3) is 0 Å². The monoisotopic (exact) mass is 216 g/mol. The van der Waals surface area contributed by atoms with Gasteiger partial charge in [-0.3, -0.25) is 9.59 Å². The fraction of sp³-hybridized carbons (Fsp3) is 0.800. The molecule has 0 aliphatic rings. The Hall–Kier alpha value is -1.10. The van der Waals surface area contributed by atoms with E-state index in [-0.39, 0.29) is 18.4 Å². The van der Waals surface area contributed by atoms with Crippen molar-refractivity contribution in [2.45, 2.75) is 51.6 Å². The van der Waals surface area contributed by atoms with Crippen LogP contribution in [0.15, 0.2) is 0 Å². The van der Waals surface area contributed by atoms with Crippen molar-refractivity contribution in [3.63, 3.8) is 0 Å². The summed E-state index contributed by atoms with van der Waals surface area (Å²) in [5.74, 6) is -1.05. The lowest BCUT2D eigenvalue weighted by atomic mass is 10.1. The van der Waals surface area contributed by atoms with E-state index >= 15 is 0 Å². The van der Waals surface area contributed by atoms with Crippen molar-refractivity contribution in [3.05, 3.63) is 0 Å². The van der Waals surface area contributed by atoms with Gasteiger partial charge in [-0.05, 0) is 19.8 Å². The van der Waals surface area contributed by atoms with Crippen molar-refractivity contribution >= 4 is 11.9 Å². The molecule has 0 heterocycles. The van der Waals surface area contributed by atoms with Crippen LogP contribution in [0, 0.1) is 0 Å². The summed E-state index contributed by atoms with van der Waals surface area (Å²) in [4.78, 5) is 21.7. The third kappa shape index (κ3) is 6.90. The number of nitrogens with one attached hydrogen (secondary N) is 1. The number of carbonyl (C=O) groups excluding carboxylic acids is 1. The Bertz CT molecular complexity index is 219. The van der Waals surface area contributed by atoms with Crippen molar-refractivity contribution in [2.75, 3.05) is 0 Å². The first kappa shape index (κ1) is 13.9. The summed E-state index contributed by atoms with van der Waals surface area (Å²) in [5, 5.41) is 11.1. The lowest BCUT2D eigenvalue weighted by Crippen LogP contribution is -2.44. The van der Waals surface area contributed by atoms with E-state index in [4.69, 9.17) is 10.8 Å². The molecule has 2 atom stereocenters. The molecule has 0 aliphatic heterocycles. The van der Waals surface area contributed by atoms with Gasteiger partial charge in [-0.25, -0.2) is 0 Å². The standard InChI is InChI=1S/C10H20N2O3/c1-3-4-8(11)10(15)12-7(2)5-6-9(13)14/h7-8H,3-6,11H2,1-2H3,(H,12,15)(H,13,14)/t7?,8-/m0/s1. The molecule has 15 heavy (non-hydrogen) atoms. The minimum absolute atomic E-state index is 0.0600. The zero-order valence-electron chi connectivity index (χ0n) is 9.32. The Balaban J connectivity index is 3.79. The minimum atomic E-state index is -0.853. The second-order valence-electron chi connectivity index (χ2n) is 3.74. The highest BCUT2D eigenvalue weighted by atomic mass is 16.4. The SMILES string of the molecule is CCC[C@H](N)C(=O)NC(C)CCC(=O)O. The molecule has 4 N–H and O–H groups in total. The molecular formula is C10H20N2O3. The van der Waals surface area contributed by atoms with Crippen LogP contribution >= 0.6 is 0 Å². The Kier molecular flexibility index (Phi) is 6.70. The first-order chi connectivity index (χ1) is 6.97. The lowest BCUT2D eigenvalue weighted by Gasteiger charge is -2.16. The van der Waals surface area contributed by atoms with Gasteiger partial charge in [-0.1, -0.05) is 13.3 Å². The molecule has 5 heteroatoms. The number of hydrogen-bond acceptors (Lipinski definition) is 3. The molecule has 0 aromatic heterocycles. The average molecular weight is 216 g/mol. The highest BCUT2D eigenvalue weighted by Gasteiger charge is 2.14. The van der Waals surface area contributed by atoms with Gasteiger partial charge in [-0.15, -0.1) is 0 Å². The van der Waals surface area contributed by atoms with Crippen molar-refractivity contribution in [2.24, 2.45) is 5.73 Å². The van der Waals surface area contributed by atoms with E-state index in [1.165, 1.54) is 0 Å². The predicted octanol–water partition coefficient (Wildman–Crippen LogP) is 0.483. The van der Waals surface area contributed by atoms with E-state index in [1.807, 2.05) is 6.92 Å². The molecule has 1 amide bonds. The summed E-state index contributed by atoms with van der Waals surface area (Å²) in [7, 11) is 0. The third-order valence-corrected chi connectivity index (χ3v) is 2.12. The van der Waals surface area contributed by atoms with Crippen LogP contribution in [-0.4, -0.2) is 29.1 Å². The van der Waals surface area contributed by atoms with Crippen molar-refractivity contribution in [1.82, 2.24) is 5.32 Å². The number of nitrogens with two attached hydrogens (primary N) is 1. The number of carboxylic acids is 1. The molecule has 0 bridgehead atoms. The zero-order valence-corrected chi connectivity index (χ0v) is 9.32. The second kappa shape index (κ2) is 7.23. The fourth-order valence-electron chi connectivity index (χ4n) is 1.20. The van der Waals surface area contributed by atoms with Crippen LogP contribution in [0.25, 0.3) is 0 Å². The molecule has 0 spiro atoms. The molecule has 0 rings (SSSR count). The molecule has 88 valence electrons. The molecular weight excluding hydrogens is 196 g/mol. The van der Waals surface area contributed by atoms with Crippen LogP contribution in [0.2, 0.25) is 0 Å². The van der Waals surface area contributed by atoms with E-state index in [2.05, 4.69) is 5.32 Å². The van der Waals surface area contributed by atoms with Crippen molar-refractivity contribution < 1.29 is 14.7 Å². The number of rotatable bonds is 7. The maximum Gasteiger partial charge on any atom is 0.303 e. The van der Waals surface area contributed by atoms with Gasteiger partial charge in [0.05, 0.1) is 6.04 Å². The van der Waals surface area contributed by atoms with E-state index in [1.54, 1.807) is 6.92 Å². The molecule has 0 saturated heterocycles. The van der Waals surface area contributed by atoms with E-state index < -0.39 is 12.0 Å². The Morgan fingerprint density at radius 2 is 2.00 bits per heavy atom. The molecule has 0 aliphatic carbocycles. The summed E-state index contributed by atoms with van der Waals surface area (Å²) in [6.45, 7) is 3.74. The second-order valence-corrected chi connectivity index (χ2v) is 3.74.